The first-order valence-electron chi connectivity index (χ1n) is 8.56. The Labute approximate surface area is 168 Å². The SMILES string of the molecule is Cc1nn(CCC(=O)N2CCN(Cc3ccc(Cl)cc3Cl)CC2)cc1Cl. The largest absolute Gasteiger partial charge is 0.340 e. The third-order valence-corrected chi connectivity index (χ3v) is 5.53. The molecule has 0 aliphatic carbocycles. The molecule has 0 saturated carbocycles. The van der Waals surface area contributed by atoms with Gasteiger partial charge >= 0.3 is 0 Å². The zero-order valence-corrected chi connectivity index (χ0v) is 16.9. The van der Waals surface area contributed by atoms with Gasteiger partial charge in [-0.2, -0.15) is 5.10 Å². The number of aromatic nitrogens is 2. The average Bonchev–Trinajstić information content (AvgIpc) is 2.94. The Kier molecular flexibility index (Phi) is 6.46. The van der Waals surface area contributed by atoms with Gasteiger partial charge in [0.15, 0.2) is 0 Å². The second-order valence-electron chi connectivity index (χ2n) is 6.47. The minimum Gasteiger partial charge on any atom is -0.340 e. The van der Waals surface area contributed by atoms with E-state index in [9.17, 15) is 4.79 Å². The van der Waals surface area contributed by atoms with Crippen LogP contribution in [0, 0.1) is 6.92 Å². The molecule has 1 amide bonds. The van der Waals surface area contributed by atoms with Crippen molar-refractivity contribution in [3.8, 4) is 0 Å². The molecule has 0 N–H and O–H groups in total. The number of nitrogens with zero attached hydrogens (tertiary/aromatic N) is 4. The minimum atomic E-state index is 0.151. The maximum Gasteiger partial charge on any atom is 0.224 e. The van der Waals surface area contributed by atoms with E-state index >= 15 is 0 Å². The lowest BCUT2D eigenvalue weighted by atomic mass is 10.2. The fraction of sp³-hybridized carbons (Fsp3) is 0.444. The van der Waals surface area contributed by atoms with Crippen molar-refractivity contribution in [2.75, 3.05) is 26.2 Å². The van der Waals surface area contributed by atoms with Gasteiger partial charge in [-0.05, 0) is 24.6 Å². The number of piperazine rings is 1. The molecular formula is C18H21Cl3N4O. The first-order chi connectivity index (χ1) is 12.4. The van der Waals surface area contributed by atoms with E-state index in [1.165, 1.54) is 0 Å². The van der Waals surface area contributed by atoms with Crippen molar-refractivity contribution < 1.29 is 4.79 Å². The van der Waals surface area contributed by atoms with Crippen LogP contribution in [0.1, 0.15) is 17.7 Å². The summed E-state index contributed by atoms with van der Waals surface area (Å²) in [5.41, 5.74) is 1.84. The maximum atomic E-state index is 12.4. The number of hydrogen-bond donors (Lipinski definition) is 0. The molecule has 26 heavy (non-hydrogen) atoms. The highest BCUT2D eigenvalue weighted by Crippen LogP contribution is 2.22. The van der Waals surface area contributed by atoms with Gasteiger partial charge in [0.05, 0.1) is 10.7 Å². The predicted octanol–water partition coefficient (Wildman–Crippen LogP) is 3.89. The van der Waals surface area contributed by atoms with Gasteiger partial charge in [-0.3, -0.25) is 14.4 Å². The van der Waals surface area contributed by atoms with E-state index in [4.69, 9.17) is 34.8 Å². The van der Waals surface area contributed by atoms with E-state index in [0.29, 0.717) is 28.0 Å². The van der Waals surface area contributed by atoms with E-state index < -0.39 is 0 Å². The number of benzene rings is 1. The molecule has 0 spiro atoms. The van der Waals surface area contributed by atoms with Crippen molar-refractivity contribution >= 4 is 40.7 Å². The maximum absolute atomic E-state index is 12.4. The van der Waals surface area contributed by atoms with E-state index in [-0.39, 0.29) is 5.91 Å². The highest BCUT2D eigenvalue weighted by Gasteiger charge is 2.21. The highest BCUT2D eigenvalue weighted by molar-refractivity contribution is 6.35. The monoisotopic (exact) mass is 414 g/mol. The standard InChI is InChI=1S/C18H21Cl3N4O/c1-13-17(21)12-25(22-13)5-4-18(26)24-8-6-23(7-9-24)11-14-2-3-15(19)10-16(14)20/h2-3,10,12H,4-9,11H2,1H3. The summed E-state index contributed by atoms with van der Waals surface area (Å²) < 4.78 is 1.73. The molecule has 8 heteroatoms. The first-order valence-corrected chi connectivity index (χ1v) is 9.69. The number of amides is 1. The zero-order valence-electron chi connectivity index (χ0n) is 14.6. The second-order valence-corrected chi connectivity index (χ2v) is 7.72. The molecule has 1 aromatic carbocycles. The first kappa shape index (κ1) is 19.5. The van der Waals surface area contributed by atoms with Gasteiger partial charge in [0.1, 0.15) is 0 Å². The topological polar surface area (TPSA) is 41.4 Å². The Morgan fingerprint density at radius 2 is 1.85 bits per heavy atom. The Morgan fingerprint density at radius 1 is 1.12 bits per heavy atom. The van der Waals surface area contributed by atoms with Crippen molar-refractivity contribution in [1.82, 2.24) is 19.6 Å². The molecule has 0 atom stereocenters. The van der Waals surface area contributed by atoms with Gasteiger partial charge < -0.3 is 4.90 Å². The Hall–Kier alpha value is -1.27. The van der Waals surface area contributed by atoms with Crippen LogP contribution < -0.4 is 0 Å². The van der Waals surface area contributed by atoms with Crippen LogP contribution in [0.25, 0.3) is 0 Å². The molecule has 1 saturated heterocycles. The summed E-state index contributed by atoms with van der Waals surface area (Å²) >= 11 is 18.2. The van der Waals surface area contributed by atoms with Crippen LogP contribution in [-0.2, 0) is 17.9 Å². The van der Waals surface area contributed by atoms with E-state index in [1.807, 2.05) is 24.0 Å². The van der Waals surface area contributed by atoms with Crippen LogP contribution in [-0.4, -0.2) is 51.7 Å². The van der Waals surface area contributed by atoms with E-state index in [2.05, 4.69) is 10.00 Å². The second kappa shape index (κ2) is 8.61. The van der Waals surface area contributed by atoms with Crippen LogP contribution in [0.3, 0.4) is 0 Å². The highest BCUT2D eigenvalue weighted by atomic mass is 35.5. The van der Waals surface area contributed by atoms with Crippen molar-refractivity contribution in [2.45, 2.75) is 26.4 Å². The molecule has 1 fully saturated rings. The van der Waals surface area contributed by atoms with Crippen LogP contribution >= 0.6 is 34.8 Å². The Balaban J connectivity index is 1.46. The fourth-order valence-corrected chi connectivity index (χ4v) is 3.64. The molecule has 140 valence electrons. The molecule has 0 unspecified atom stereocenters. The van der Waals surface area contributed by atoms with Gasteiger partial charge in [-0.1, -0.05) is 40.9 Å². The summed E-state index contributed by atoms with van der Waals surface area (Å²) in [7, 11) is 0. The molecule has 3 rings (SSSR count). The Bertz CT molecular complexity index is 765. The summed E-state index contributed by atoms with van der Waals surface area (Å²) in [5, 5.41) is 6.24. The molecule has 1 aliphatic rings. The molecule has 1 aliphatic heterocycles. The van der Waals surface area contributed by atoms with Crippen molar-refractivity contribution in [2.24, 2.45) is 0 Å². The third kappa shape index (κ3) is 4.92. The molecule has 0 radical (unpaired) electrons. The van der Waals surface area contributed by atoms with E-state index in [0.717, 1.165) is 44.0 Å². The molecule has 1 aromatic heterocycles. The quantitative estimate of drug-likeness (QED) is 0.744. The zero-order chi connectivity index (χ0) is 18.7. The smallest absolute Gasteiger partial charge is 0.224 e. The van der Waals surface area contributed by atoms with Gasteiger partial charge in [0.25, 0.3) is 0 Å². The summed E-state index contributed by atoms with van der Waals surface area (Å²) in [6.07, 6.45) is 2.19. The number of aryl methyl sites for hydroxylation is 2. The number of carbonyl (C=O) groups is 1. The summed E-state index contributed by atoms with van der Waals surface area (Å²) in [6.45, 7) is 6.28. The van der Waals surface area contributed by atoms with Gasteiger partial charge in [0, 0.05) is 61.9 Å². The van der Waals surface area contributed by atoms with Crippen LogP contribution in [0.15, 0.2) is 24.4 Å². The summed E-state index contributed by atoms with van der Waals surface area (Å²) in [4.78, 5) is 16.6. The normalized spacial score (nSPS) is 15.5. The number of carbonyl (C=O) groups excluding carboxylic acids is 1. The minimum absolute atomic E-state index is 0.151. The van der Waals surface area contributed by atoms with Crippen LogP contribution in [0.2, 0.25) is 15.1 Å². The van der Waals surface area contributed by atoms with Crippen LogP contribution in [0.4, 0.5) is 0 Å². The van der Waals surface area contributed by atoms with Gasteiger partial charge in [0.2, 0.25) is 5.91 Å². The van der Waals surface area contributed by atoms with Crippen LogP contribution in [0.5, 0.6) is 0 Å². The number of rotatable bonds is 5. The predicted molar refractivity (Wildman–Crippen MR) is 105 cm³/mol. The average molecular weight is 416 g/mol. The van der Waals surface area contributed by atoms with Gasteiger partial charge in [-0.25, -0.2) is 0 Å². The van der Waals surface area contributed by atoms with Gasteiger partial charge in [-0.15, -0.1) is 0 Å². The van der Waals surface area contributed by atoms with Crippen molar-refractivity contribution in [3.05, 3.63) is 50.7 Å². The van der Waals surface area contributed by atoms with Crippen molar-refractivity contribution in [1.29, 1.82) is 0 Å². The third-order valence-electron chi connectivity index (χ3n) is 4.58. The van der Waals surface area contributed by atoms with Crippen molar-refractivity contribution in [3.63, 3.8) is 0 Å². The fourth-order valence-electron chi connectivity index (χ4n) is 3.02. The molecule has 2 heterocycles. The number of halogens is 3. The van der Waals surface area contributed by atoms with E-state index in [1.54, 1.807) is 16.9 Å². The molecular weight excluding hydrogens is 395 g/mol. The Morgan fingerprint density at radius 3 is 2.46 bits per heavy atom. The summed E-state index contributed by atoms with van der Waals surface area (Å²) in [5.74, 6) is 0.151. The number of hydrogen-bond acceptors (Lipinski definition) is 3. The lowest BCUT2D eigenvalue weighted by molar-refractivity contribution is -0.133. The molecule has 0 bridgehead atoms. The lowest BCUT2D eigenvalue weighted by Crippen LogP contribution is -2.48. The molecule has 2 aromatic rings. The summed E-state index contributed by atoms with van der Waals surface area (Å²) in [6, 6.07) is 5.58. The lowest BCUT2D eigenvalue weighted by Gasteiger charge is -2.35. The molecule has 5 nitrogen and oxygen atoms in total.